The number of hydrogen-bond acceptors (Lipinski definition) is 5. The minimum Gasteiger partial charge on any atom is -0.476 e. The summed E-state index contributed by atoms with van der Waals surface area (Å²) in [4.78, 5) is 15.9. The van der Waals surface area contributed by atoms with Gasteiger partial charge in [0.1, 0.15) is 5.75 Å². The highest BCUT2D eigenvalue weighted by atomic mass is 32.2. The van der Waals surface area contributed by atoms with Crippen molar-refractivity contribution in [1.29, 1.82) is 0 Å². The molecule has 5 rings (SSSR count). The topological polar surface area (TPSA) is 79.0 Å². The van der Waals surface area contributed by atoms with E-state index >= 15 is 0 Å². The number of hydrogen-bond donors (Lipinski definition) is 1. The Labute approximate surface area is 219 Å². The van der Waals surface area contributed by atoms with E-state index in [9.17, 15) is 13.2 Å². The van der Waals surface area contributed by atoms with Crippen molar-refractivity contribution < 1.29 is 17.9 Å². The van der Waals surface area contributed by atoms with Crippen molar-refractivity contribution in [3.05, 3.63) is 89.5 Å². The Morgan fingerprint density at radius 1 is 0.946 bits per heavy atom. The largest absolute Gasteiger partial charge is 0.476 e. The van der Waals surface area contributed by atoms with E-state index < -0.39 is 16.1 Å². The van der Waals surface area contributed by atoms with Gasteiger partial charge in [0.15, 0.2) is 6.10 Å². The van der Waals surface area contributed by atoms with Crippen LogP contribution in [0.15, 0.2) is 77.7 Å². The number of benzene rings is 3. The van der Waals surface area contributed by atoms with E-state index in [2.05, 4.69) is 22.3 Å². The van der Waals surface area contributed by atoms with Crippen molar-refractivity contribution in [2.45, 2.75) is 50.3 Å². The lowest BCUT2D eigenvalue weighted by Crippen LogP contribution is -2.50. The van der Waals surface area contributed by atoms with Crippen molar-refractivity contribution in [3.63, 3.8) is 0 Å². The third-order valence-corrected chi connectivity index (χ3v) is 8.72. The monoisotopic (exact) mass is 519 g/mol. The molecule has 0 bridgehead atoms. The summed E-state index contributed by atoms with van der Waals surface area (Å²) in [5.74, 6) is 0.0382. The van der Waals surface area contributed by atoms with Crippen molar-refractivity contribution in [1.82, 2.24) is 10.2 Å². The summed E-state index contributed by atoms with van der Waals surface area (Å²) in [6, 6.07) is 21.9. The molecule has 8 heteroatoms. The van der Waals surface area contributed by atoms with Crippen LogP contribution in [0.5, 0.6) is 5.75 Å². The summed E-state index contributed by atoms with van der Waals surface area (Å²) in [6.45, 7) is 5.32. The lowest BCUT2D eigenvalue weighted by atomic mass is 10.1. The fourth-order valence-corrected chi connectivity index (χ4v) is 6.46. The molecule has 0 saturated carbocycles. The van der Waals surface area contributed by atoms with E-state index in [0.29, 0.717) is 18.0 Å². The van der Waals surface area contributed by atoms with Crippen LogP contribution in [0.4, 0.5) is 5.69 Å². The maximum atomic E-state index is 13.5. The molecule has 2 aliphatic heterocycles. The molecule has 0 radical (unpaired) electrons. The molecular formula is C29H33N3O4S. The Balaban J connectivity index is 1.31. The highest BCUT2D eigenvalue weighted by molar-refractivity contribution is 7.92. The van der Waals surface area contributed by atoms with Gasteiger partial charge in [0.25, 0.3) is 15.9 Å². The number of carbonyl (C=O) groups excluding carboxylic acids is 1. The lowest BCUT2D eigenvalue weighted by molar-refractivity contribution is -0.127. The van der Waals surface area contributed by atoms with Crippen LogP contribution >= 0.6 is 0 Å². The Morgan fingerprint density at radius 2 is 1.70 bits per heavy atom. The van der Waals surface area contributed by atoms with Crippen LogP contribution in [-0.4, -0.2) is 45.0 Å². The number of piperidine rings is 1. The van der Waals surface area contributed by atoms with Gasteiger partial charge in [-0.15, -0.1) is 0 Å². The zero-order valence-corrected chi connectivity index (χ0v) is 21.9. The number of nitrogens with one attached hydrogen (secondary N) is 1. The molecular weight excluding hydrogens is 486 g/mol. The van der Waals surface area contributed by atoms with Crippen molar-refractivity contribution in [3.8, 4) is 5.75 Å². The molecule has 3 aromatic carbocycles. The number of rotatable bonds is 7. The highest BCUT2D eigenvalue weighted by Gasteiger charge is 2.37. The summed E-state index contributed by atoms with van der Waals surface area (Å²) in [7, 11) is -3.87. The zero-order chi connectivity index (χ0) is 25.8. The fourth-order valence-electron chi connectivity index (χ4n) is 4.96. The van der Waals surface area contributed by atoms with Crippen LogP contribution in [-0.2, 0) is 27.9 Å². The van der Waals surface area contributed by atoms with Crippen molar-refractivity contribution in [2.75, 3.05) is 23.9 Å². The van der Waals surface area contributed by atoms with E-state index in [1.165, 1.54) is 29.1 Å². The summed E-state index contributed by atoms with van der Waals surface area (Å²) < 4.78 is 34.3. The minimum absolute atomic E-state index is 0.103. The maximum absolute atomic E-state index is 13.5. The maximum Gasteiger partial charge on any atom is 0.264 e. The molecule has 37 heavy (non-hydrogen) atoms. The molecule has 1 amide bonds. The van der Waals surface area contributed by atoms with Crippen LogP contribution in [0.1, 0.15) is 36.0 Å². The molecule has 1 saturated heterocycles. The summed E-state index contributed by atoms with van der Waals surface area (Å²) in [6.07, 6.45) is 2.83. The van der Waals surface area contributed by atoms with E-state index in [1.54, 1.807) is 42.5 Å². The third kappa shape index (κ3) is 5.81. The molecule has 1 N–H and O–H groups in total. The minimum atomic E-state index is -3.87. The number of nitrogens with zero attached hydrogens (tertiary/aromatic N) is 2. The van der Waals surface area contributed by atoms with Crippen LogP contribution in [0.25, 0.3) is 0 Å². The first-order valence-electron chi connectivity index (χ1n) is 12.8. The third-order valence-electron chi connectivity index (χ3n) is 6.92. The predicted molar refractivity (Wildman–Crippen MR) is 144 cm³/mol. The number of aryl methyl sites for hydroxylation is 1. The van der Waals surface area contributed by atoms with Gasteiger partial charge in [-0.1, -0.05) is 55.0 Å². The molecule has 3 aromatic rings. The normalized spacial score (nSPS) is 18.1. The van der Waals surface area contributed by atoms with Crippen LogP contribution in [0, 0.1) is 6.92 Å². The molecule has 7 nitrogen and oxygen atoms in total. The van der Waals surface area contributed by atoms with Crippen molar-refractivity contribution in [2.24, 2.45) is 0 Å². The molecule has 0 spiro atoms. The number of amides is 1. The molecule has 1 unspecified atom stereocenters. The number of sulfonamides is 1. The first-order valence-corrected chi connectivity index (χ1v) is 14.3. The fraction of sp³-hybridized carbons (Fsp3) is 0.345. The van der Waals surface area contributed by atoms with E-state index in [4.69, 9.17) is 4.74 Å². The SMILES string of the molecule is Cc1ccc2c(c1)OC(C(=O)NCc1cccc(CN3CCCCC3)c1)CN2S(=O)(=O)c1ccccc1. The molecule has 0 aliphatic carbocycles. The quantitative estimate of drug-likeness (QED) is 0.505. The van der Waals surface area contributed by atoms with Gasteiger partial charge in [-0.05, 0) is 73.8 Å². The Kier molecular flexibility index (Phi) is 7.48. The first kappa shape index (κ1) is 25.3. The molecule has 2 heterocycles. The zero-order valence-electron chi connectivity index (χ0n) is 21.1. The number of anilines is 1. The van der Waals surface area contributed by atoms with Crippen LogP contribution < -0.4 is 14.4 Å². The van der Waals surface area contributed by atoms with Gasteiger partial charge in [0.05, 0.1) is 17.1 Å². The second-order valence-corrected chi connectivity index (χ2v) is 11.7. The van der Waals surface area contributed by atoms with Crippen LogP contribution in [0.2, 0.25) is 0 Å². The van der Waals surface area contributed by atoms with Gasteiger partial charge in [-0.3, -0.25) is 14.0 Å². The first-order chi connectivity index (χ1) is 17.9. The Bertz CT molecular complexity index is 1350. The van der Waals surface area contributed by atoms with Gasteiger partial charge in [-0.2, -0.15) is 0 Å². The van der Waals surface area contributed by atoms with Gasteiger partial charge >= 0.3 is 0 Å². The average Bonchev–Trinajstić information content (AvgIpc) is 2.92. The molecule has 1 atom stereocenters. The van der Waals surface area contributed by atoms with Crippen molar-refractivity contribution >= 4 is 21.6 Å². The van der Waals surface area contributed by atoms with E-state index in [0.717, 1.165) is 30.8 Å². The van der Waals surface area contributed by atoms with Gasteiger partial charge in [-0.25, -0.2) is 8.42 Å². The summed E-state index contributed by atoms with van der Waals surface area (Å²) in [5.41, 5.74) is 3.59. The number of carbonyl (C=O) groups is 1. The van der Waals surface area contributed by atoms with Gasteiger partial charge < -0.3 is 10.1 Å². The van der Waals surface area contributed by atoms with E-state index in [-0.39, 0.29) is 17.3 Å². The van der Waals surface area contributed by atoms with Gasteiger partial charge in [0, 0.05) is 13.1 Å². The smallest absolute Gasteiger partial charge is 0.264 e. The summed E-state index contributed by atoms with van der Waals surface area (Å²) >= 11 is 0. The molecule has 0 aromatic heterocycles. The predicted octanol–water partition coefficient (Wildman–Crippen LogP) is 4.25. The second-order valence-electron chi connectivity index (χ2n) is 9.80. The second kappa shape index (κ2) is 10.9. The average molecular weight is 520 g/mol. The van der Waals surface area contributed by atoms with E-state index in [1.807, 2.05) is 25.1 Å². The molecule has 194 valence electrons. The number of fused-ring (bicyclic) bond motifs is 1. The number of likely N-dealkylation sites (tertiary alicyclic amines) is 1. The Hall–Kier alpha value is -3.36. The Morgan fingerprint density at radius 3 is 2.49 bits per heavy atom. The number of ether oxygens (including phenoxy) is 1. The molecule has 2 aliphatic rings. The lowest BCUT2D eigenvalue weighted by Gasteiger charge is -2.35. The van der Waals surface area contributed by atoms with Crippen LogP contribution in [0.3, 0.4) is 0 Å². The summed E-state index contributed by atoms with van der Waals surface area (Å²) in [5, 5.41) is 2.96. The van der Waals surface area contributed by atoms with Gasteiger partial charge in [0.2, 0.25) is 0 Å². The standard InChI is InChI=1S/C29H33N3O4S/c1-22-13-14-26-27(17-22)36-28(21-32(26)37(34,35)25-11-4-2-5-12-25)29(33)30-19-23-9-8-10-24(18-23)20-31-15-6-3-7-16-31/h2,4-5,8-14,17-18,28H,3,6-7,15-16,19-21H2,1H3,(H,30,33). The highest BCUT2D eigenvalue weighted by Crippen LogP contribution is 2.37. The molecule has 1 fully saturated rings.